The van der Waals surface area contributed by atoms with Crippen molar-refractivity contribution in [3.63, 3.8) is 0 Å². The summed E-state index contributed by atoms with van der Waals surface area (Å²) in [5.74, 6) is 0.907. The highest BCUT2D eigenvalue weighted by Crippen LogP contribution is 2.56. The molecule has 4 aromatic rings. The first-order valence-corrected chi connectivity index (χ1v) is 19.7. The minimum atomic E-state index is -3.25. The lowest BCUT2D eigenvalue weighted by Gasteiger charge is -2.48. The Balaban J connectivity index is 1.56. The van der Waals surface area contributed by atoms with E-state index < -0.39 is 48.3 Å². The lowest BCUT2D eigenvalue weighted by Crippen LogP contribution is -2.71. The zero-order valence-electron chi connectivity index (χ0n) is 31.4. The molecule has 1 spiro atoms. The molecule has 11 heteroatoms. The number of nitrogens with zero attached hydrogens (tertiary/aromatic N) is 4. The topological polar surface area (TPSA) is 141 Å². The maximum Gasteiger partial charge on any atom is 0.261 e. The van der Waals surface area contributed by atoms with Gasteiger partial charge >= 0.3 is 0 Å². The van der Waals surface area contributed by atoms with E-state index in [2.05, 4.69) is 67.0 Å². The molecule has 1 heterocycles. The fourth-order valence-corrected chi connectivity index (χ4v) is 12.9. The Morgan fingerprint density at radius 3 is 2.11 bits per heavy atom. The van der Waals surface area contributed by atoms with Crippen LogP contribution >= 0.6 is 0 Å². The van der Waals surface area contributed by atoms with Gasteiger partial charge in [-0.3, -0.25) is 0 Å². The first-order chi connectivity index (χ1) is 25.2. The van der Waals surface area contributed by atoms with Gasteiger partial charge in [0.1, 0.15) is 28.6 Å². The molecule has 0 radical (unpaired) electrons. The average Bonchev–Trinajstić information content (AvgIpc) is 3.56. The number of allylic oxidation sites excluding steroid dienone is 1. The number of methoxy groups -OCH3 is 1. The number of hydrogen-bond acceptors (Lipinski definition) is 8. The van der Waals surface area contributed by atoms with Crippen LogP contribution in [0.15, 0.2) is 126 Å². The number of aliphatic hydroxyl groups is 2. The number of nitrogens with one attached hydrogen (secondary N) is 1. The Morgan fingerprint density at radius 2 is 1.58 bits per heavy atom. The molecular weight excluding hydrogens is 683 g/mol. The monoisotopic (exact) mass is 731 g/mol. The summed E-state index contributed by atoms with van der Waals surface area (Å²) in [5.41, 5.74) is 7.31. The molecule has 1 saturated carbocycles. The molecular formula is C42H49N5O5Si. The first-order valence-electron chi connectivity index (χ1n) is 17.8. The number of hydrogen-bond donors (Lipinski definition) is 3. The summed E-state index contributed by atoms with van der Waals surface area (Å²) in [7, 11) is -1.66. The van der Waals surface area contributed by atoms with Crippen LogP contribution in [0.5, 0.6) is 5.75 Å². The van der Waals surface area contributed by atoms with Crippen LogP contribution < -0.4 is 20.4 Å². The molecule has 0 amide bonds. The lowest BCUT2D eigenvalue weighted by molar-refractivity contribution is -0.171. The zero-order valence-corrected chi connectivity index (χ0v) is 32.4. The second-order valence-electron chi connectivity index (χ2n) is 15.3. The summed E-state index contributed by atoms with van der Waals surface area (Å²) in [4.78, 5) is 8.38. The van der Waals surface area contributed by atoms with Gasteiger partial charge in [-0.1, -0.05) is 111 Å². The van der Waals surface area contributed by atoms with E-state index in [4.69, 9.17) is 18.9 Å². The lowest BCUT2D eigenvalue weighted by atomic mass is 9.74. The van der Waals surface area contributed by atoms with E-state index in [1.54, 1.807) is 33.1 Å². The van der Waals surface area contributed by atoms with E-state index in [-0.39, 0.29) is 12.5 Å². The van der Waals surface area contributed by atoms with Crippen LogP contribution in [-0.4, -0.2) is 73.1 Å². The number of rotatable bonds is 11. The van der Waals surface area contributed by atoms with Gasteiger partial charge in [-0.15, -0.1) is 0 Å². The predicted octanol–water partition coefficient (Wildman–Crippen LogP) is 6.86. The number of benzene rings is 4. The minimum absolute atomic E-state index is 0.249. The molecule has 1 fully saturated rings. The predicted molar refractivity (Wildman–Crippen MR) is 213 cm³/mol. The van der Waals surface area contributed by atoms with Gasteiger partial charge in [-0.05, 0) is 83.7 Å². The largest absolute Gasteiger partial charge is 0.497 e. The third kappa shape index (κ3) is 6.12. The van der Waals surface area contributed by atoms with Crippen molar-refractivity contribution in [1.82, 2.24) is 0 Å². The smallest absolute Gasteiger partial charge is 0.261 e. The normalized spacial score (nSPS) is 26.7. The molecule has 6 rings (SSSR count). The number of anilines is 1. The molecule has 276 valence electrons. The maximum atomic E-state index is 13.4. The van der Waals surface area contributed by atoms with E-state index in [0.717, 1.165) is 21.5 Å². The molecule has 4 aromatic carbocycles. The van der Waals surface area contributed by atoms with Crippen molar-refractivity contribution in [3.05, 3.63) is 137 Å². The highest BCUT2D eigenvalue weighted by Gasteiger charge is 2.78. The molecule has 1 unspecified atom stereocenters. The zero-order chi connectivity index (χ0) is 38.2. The van der Waals surface area contributed by atoms with Crippen molar-refractivity contribution in [3.8, 4) is 5.75 Å². The first kappa shape index (κ1) is 37.8. The third-order valence-electron chi connectivity index (χ3n) is 11.2. The number of ether oxygens (including phenoxy) is 2. The summed E-state index contributed by atoms with van der Waals surface area (Å²) in [6.45, 7) is 15.5. The van der Waals surface area contributed by atoms with Gasteiger partial charge in [0, 0.05) is 16.2 Å². The quantitative estimate of drug-likeness (QED) is 0.0666. The van der Waals surface area contributed by atoms with Gasteiger partial charge < -0.3 is 29.4 Å². The molecule has 0 saturated heterocycles. The molecule has 6 atom stereocenters. The van der Waals surface area contributed by atoms with E-state index >= 15 is 0 Å². The molecule has 0 aromatic heterocycles. The van der Waals surface area contributed by atoms with Gasteiger partial charge in [0.05, 0.1) is 25.8 Å². The van der Waals surface area contributed by atoms with Gasteiger partial charge in [-0.25, -0.2) is 4.99 Å². The van der Waals surface area contributed by atoms with Crippen molar-refractivity contribution < 1.29 is 24.1 Å². The van der Waals surface area contributed by atoms with Crippen LogP contribution in [-0.2, 0) is 9.16 Å². The second-order valence-corrected chi connectivity index (χ2v) is 19.6. The van der Waals surface area contributed by atoms with E-state index in [0.29, 0.717) is 17.0 Å². The standard InChI is InChI=1S/C42H49N5O5Si/c1-28(2)31-16-15-17-32(26-31)44-36-37(46-47-43)42(29(3)52-38(45-42)30-22-24-33(50-8)25-23-30)40(7,48)41(36,49)27-51-53(39(4,5)6,34-18-11-9-12-19-34)35-20-13-10-14-21-35/h9-26,29,36-37,44,48-49H,1,27H2,2-8H3/t29?,36-,37-,40-,41+,42-/m0/s1. The van der Waals surface area contributed by atoms with Gasteiger partial charge in [0.15, 0.2) is 0 Å². The van der Waals surface area contributed by atoms with Crippen molar-refractivity contribution in [2.45, 2.75) is 81.5 Å². The van der Waals surface area contributed by atoms with E-state index in [9.17, 15) is 15.7 Å². The Hall–Kier alpha value is -4.90. The second kappa shape index (κ2) is 14.2. The number of aliphatic imine (C=N–C) groups is 1. The van der Waals surface area contributed by atoms with Crippen LogP contribution in [0.4, 0.5) is 5.69 Å². The van der Waals surface area contributed by atoms with Crippen molar-refractivity contribution >= 4 is 35.8 Å². The minimum Gasteiger partial charge on any atom is -0.497 e. The van der Waals surface area contributed by atoms with Crippen molar-refractivity contribution in [2.24, 2.45) is 10.1 Å². The molecule has 53 heavy (non-hydrogen) atoms. The SMILES string of the molecule is C=C(C)c1cccc(N[C@H]2[C@H](N=[N+]=[N-])[C@]3(N=C(c4ccc(OC)cc4)OC3C)[C@@](C)(O)[C@@]2(O)CO[Si](c2ccccc2)(c2ccccc2)C(C)(C)C)c1. The third-order valence-corrected chi connectivity index (χ3v) is 16.2. The molecule has 10 nitrogen and oxygen atoms in total. The fourth-order valence-electron chi connectivity index (χ4n) is 8.35. The van der Waals surface area contributed by atoms with Gasteiger partial charge in [0.25, 0.3) is 8.32 Å². The maximum absolute atomic E-state index is 13.4. The van der Waals surface area contributed by atoms with Crippen LogP contribution in [0.25, 0.3) is 16.0 Å². The Morgan fingerprint density at radius 1 is 0.981 bits per heavy atom. The summed E-state index contributed by atoms with van der Waals surface area (Å²) in [6, 6.07) is 32.8. The average molecular weight is 732 g/mol. The van der Waals surface area contributed by atoms with Crippen LogP contribution in [0.3, 0.4) is 0 Å². The molecule has 0 bridgehead atoms. The molecule has 1 aliphatic heterocycles. The highest BCUT2D eigenvalue weighted by atomic mass is 28.4. The van der Waals surface area contributed by atoms with Crippen LogP contribution in [0.1, 0.15) is 52.7 Å². The Bertz CT molecular complexity index is 1990. The van der Waals surface area contributed by atoms with Gasteiger partial charge in [-0.2, -0.15) is 0 Å². The molecule has 1 aliphatic carbocycles. The molecule has 2 aliphatic rings. The summed E-state index contributed by atoms with van der Waals surface area (Å²) in [6.07, 6.45) is -0.835. The van der Waals surface area contributed by atoms with Crippen LogP contribution in [0.2, 0.25) is 5.04 Å². The van der Waals surface area contributed by atoms with Gasteiger partial charge in [0.2, 0.25) is 5.90 Å². The molecule has 3 N–H and O–H groups in total. The van der Waals surface area contributed by atoms with Crippen molar-refractivity contribution in [2.75, 3.05) is 19.0 Å². The Kier molecular flexibility index (Phi) is 10.1. The Labute approximate surface area is 312 Å². The van der Waals surface area contributed by atoms with Crippen molar-refractivity contribution in [1.29, 1.82) is 0 Å². The highest BCUT2D eigenvalue weighted by molar-refractivity contribution is 6.99. The summed E-state index contributed by atoms with van der Waals surface area (Å²) in [5, 5.41) is 36.0. The summed E-state index contributed by atoms with van der Waals surface area (Å²) >= 11 is 0. The summed E-state index contributed by atoms with van der Waals surface area (Å²) < 4.78 is 19.2. The van der Waals surface area contributed by atoms with E-state index in [1.165, 1.54) is 0 Å². The fraction of sp³-hybridized carbons (Fsp3) is 0.357. The number of azide groups is 1. The van der Waals surface area contributed by atoms with E-state index in [1.807, 2.05) is 79.7 Å². The van der Waals surface area contributed by atoms with Crippen LogP contribution in [0, 0.1) is 0 Å².